The van der Waals surface area contributed by atoms with Crippen molar-refractivity contribution in [1.29, 1.82) is 0 Å². The minimum absolute atomic E-state index is 0.0201. The number of carboxylic acids is 1. The summed E-state index contributed by atoms with van der Waals surface area (Å²) in [7, 11) is 0. The number of aromatic carboxylic acids is 1. The maximum Gasteiger partial charge on any atom is 0.335 e. The van der Waals surface area contributed by atoms with Gasteiger partial charge in [0.05, 0.1) is 5.56 Å². The molecule has 21 heavy (non-hydrogen) atoms. The molecule has 2 amide bonds. The second-order valence-corrected chi connectivity index (χ2v) is 5.67. The third-order valence-electron chi connectivity index (χ3n) is 2.68. The quantitative estimate of drug-likeness (QED) is 0.774. The van der Waals surface area contributed by atoms with Crippen LogP contribution in [0.5, 0.6) is 0 Å². The third-order valence-corrected chi connectivity index (χ3v) is 2.68. The van der Waals surface area contributed by atoms with Gasteiger partial charge in [-0.2, -0.15) is 0 Å². The number of aromatic nitrogens is 1. The highest BCUT2D eigenvalue weighted by atomic mass is 16.4. The lowest BCUT2D eigenvalue weighted by atomic mass is 9.95. The molecule has 1 aromatic heterocycles. The summed E-state index contributed by atoms with van der Waals surface area (Å²) in [5.41, 5.74) is -0.581. The van der Waals surface area contributed by atoms with Gasteiger partial charge in [-0.25, -0.2) is 9.78 Å². The van der Waals surface area contributed by atoms with E-state index in [0.717, 1.165) is 0 Å². The summed E-state index contributed by atoms with van der Waals surface area (Å²) in [5, 5.41) is 13.9. The first-order valence-corrected chi connectivity index (χ1v) is 6.42. The zero-order valence-corrected chi connectivity index (χ0v) is 12.4. The van der Waals surface area contributed by atoms with Crippen molar-refractivity contribution < 1.29 is 19.5 Å². The molecule has 0 aliphatic carbocycles. The minimum Gasteiger partial charge on any atom is -0.478 e. The second-order valence-electron chi connectivity index (χ2n) is 5.67. The normalized spacial score (nSPS) is 12.4. The molecule has 7 nitrogen and oxygen atoms in total. The van der Waals surface area contributed by atoms with E-state index in [1.54, 1.807) is 27.7 Å². The molecule has 0 spiro atoms. The molecular weight excluding hydrogens is 274 g/mol. The fourth-order valence-corrected chi connectivity index (χ4v) is 1.35. The largest absolute Gasteiger partial charge is 0.478 e. The first-order valence-electron chi connectivity index (χ1n) is 6.42. The van der Waals surface area contributed by atoms with Crippen LogP contribution in [0.25, 0.3) is 0 Å². The molecule has 0 aliphatic rings. The van der Waals surface area contributed by atoms with Crippen LogP contribution >= 0.6 is 0 Å². The molecular formula is C14H19N3O4. The van der Waals surface area contributed by atoms with Crippen LogP contribution in [0.3, 0.4) is 0 Å². The lowest BCUT2D eigenvalue weighted by Gasteiger charge is -2.21. The number of hydrogen-bond donors (Lipinski definition) is 3. The van der Waals surface area contributed by atoms with Crippen molar-refractivity contribution in [3.63, 3.8) is 0 Å². The summed E-state index contributed by atoms with van der Waals surface area (Å²) in [6.45, 7) is 6.76. The van der Waals surface area contributed by atoms with Crippen molar-refractivity contribution in [2.75, 3.05) is 5.32 Å². The first-order chi connectivity index (χ1) is 9.61. The molecule has 3 N–H and O–H groups in total. The van der Waals surface area contributed by atoms with Crippen molar-refractivity contribution >= 4 is 23.6 Å². The molecule has 0 bridgehead atoms. The number of carbonyl (C=O) groups excluding carboxylic acids is 2. The fourth-order valence-electron chi connectivity index (χ4n) is 1.35. The Balaban J connectivity index is 2.71. The van der Waals surface area contributed by atoms with Crippen molar-refractivity contribution in [2.24, 2.45) is 5.41 Å². The number of amides is 2. The van der Waals surface area contributed by atoms with Gasteiger partial charge < -0.3 is 15.7 Å². The summed E-state index contributed by atoms with van der Waals surface area (Å²) in [6, 6.07) is 1.81. The number of anilines is 1. The molecule has 7 heteroatoms. The molecule has 1 rings (SSSR count). The number of nitrogens with zero attached hydrogens (tertiary/aromatic N) is 1. The average molecular weight is 293 g/mol. The van der Waals surface area contributed by atoms with E-state index >= 15 is 0 Å². The predicted molar refractivity (Wildman–Crippen MR) is 76.9 cm³/mol. The molecule has 0 radical (unpaired) electrons. The van der Waals surface area contributed by atoms with Crippen molar-refractivity contribution in [1.82, 2.24) is 10.3 Å². The van der Waals surface area contributed by atoms with Crippen LogP contribution in [0.15, 0.2) is 18.3 Å². The lowest BCUT2D eigenvalue weighted by Crippen LogP contribution is -2.46. The molecule has 1 heterocycles. The number of hydrogen-bond acceptors (Lipinski definition) is 4. The summed E-state index contributed by atoms with van der Waals surface area (Å²) >= 11 is 0. The Bertz CT molecular complexity index is 564. The van der Waals surface area contributed by atoms with Gasteiger partial charge >= 0.3 is 5.97 Å². The van der Waals surface area contributed by atoms with Gasteiger partial charge in [0.25, 0.3) is 0 Å². The molecule has 0 aromatic carbocycles. The van der Waals surface area contributed by atoms with E-state index in [4.69, 9.17) is 5.11 Å². The lowest BCUT2D eigenvalue weighted by molar-refractivity contribution is -0.131. The maximum absolute atomic E-state index is 11.9. The Hall–Kier alpha value is -2.44. The highest BCUT2D eigenvalue weighted by molar-refractivity contribution is 5.97. The van der Waals surface area contributed by atoms with Gasteiger partial charge in [0.2, 0.25) is 11.8 Å². The molecule has 0 saturated carbocycles. The molecule has 0 aliphatic heterocycles. The van der Waals surface area contributed by atoms with Crippen LogP contribution in [0, 0.1) is 5.41 Å². The molecule has 0 saturated heterocycles. The van der Waals surface area contributed by atoms with Gasteiger partial charge in [-0.05, 0) is 19.1 Å². The third kappa shape index (κ3) is 4.87. The van der Waals surface area contributed by atoms with Gasteiger partial charge in [0.15, 0.2) is 0 Å². The topological polar surface area (TPSA) is 108 Å². The summed E-state index contributed by atoms with van der Waals surface area (Å²) < 4.78 is 0. The van der Waals surface area contributed by atoms with E-state index in [0.29, 0.717) is 0 Å². The maximum atomic E-state index is 11.9. The van der Waals surface area contributed by atoms with Gasteiger partial charge in [-0.15, -0.1) is 0 Å². The van der Waals surface area contributed by atoms with Crippen molar-refractivity contribution in [3.05, 3.63) is 23.9 Å². The Kier molecular flexibility index (Phi) is 5.02. The monoisotopic (exact) mass is 293 g/mol. The van der Waals surface area contributed by atoms with Crippen LogP contribution in [0.1, 0.15) is 38.1 Å². The predicted octanol–water partition coefficient (Wildman–Crippen LogP) is 1.27. The van der Waals surface area contributed by atoms with E-state index in [1.165, 1.54) is 18.3 Å². The highest BCUT2D eigenvalue weighted by Crippen LogP contribution is 2.13. The Labute approximate surface area is 122 Å². The van der Waals surface area contributed by atoms with Crippen LogP contribution in [0.2, 0.25) is 0 Å². The number of carboxylic acid groups (broad SMARTS) is 1. The molecule has 0 fully saturated rings. The zero-order chi connectivity index (χ0) is 16.2. The van der Waals surface area contributed by atoms with Gasteiger partial charge in [0, 0.05) is 11.6 Å². The Morgan fingerprint density at radius 3 is 2.43 bits per heavy atom. The SMILES string of the molecule is CC(NC(=O)C(C)(C)C)C(=O)Nc1cc(C(=O)O)ccn1. The number of carbonyl (C=O) groups is 3. The van der Waals surface area contributed by atoms with E-state index in [1.807, 2.05) is 0 Å². The number of rotatable bonds is 4. The molecule has 1 unspecified atom stereocenters. The smallest absolute Gasteiger partial charge is 0.335 e. The van der Waals surface area contributed by atoms with Crippen molar-refractivity contribution in [3.8, 4) is 0 Å². The van der Waals surface area contributed by atoms with Gasteiger partial charge in [-0.3, -0.25) is 9.59 Å². The summed E-state index contributed by atoms with van der Waals surface area (Å²) in [6.07, 6.45) is 1.29. The standard InChI is InChI=1S/C14H19N3O4/c1-8(16-13(21)14(2,3)4)11(18)17-10-7-9(12(19)20)5-6-15-10/h5-8H,1-4H3,(H,16,21)(H,19,20)(H,15,17,18). The number of pyridine rings is 1. The zero-order valence-electron chi connectivity index (χ0n) is 12.4. The first kappa shape index (κ1) is 16.6. The van der Waals surface area contributed by atoms with Crippen molar-refractivity contribution in [2.45, 2.75) is 33.7 Å². The molecule has 1 aromatic rings. The second kappa shape index (κ2) is 6.34. The van der Waals surface area contributed by atoms with E-state index in [-0.39, 0.29) is 17.3 Å². The van der Waals surface area contributed by atoms with Gasteiger partial charge in [0.1, 0.15) is 11.9 Å². The van der Waals surface area contributed by atoms with Crippen LogP contribution in [0.4, 0.5) is 5.82 Å². The van der Waals surface area contributed by atoms with E-state index in [2.05, 4.69) is 15.6 Å². The Morgan fingerprint density at radius 2 is 1.90 bits per heavy atom. The van der Waals surface area contributed by atoms with E-state index < -0.39 is 23.3 Å². The van der Waals surface area contributed by atoms with E-state index in [9.17, 15) is 14.4 Å². The minimum atomic E-state index is -1.11. The van der Waals surface area contributed by atoms with Gasteiger partial charge in [-0.1, -0.05) is 20.8 Å². The number of nitrogens with one attached hydrogen (secondary N) is 2. The summed E-state index contributed by atoms with van der Waals surface area (Å²) in [4.78, 5) is 38.4. The fraction of sp³-hybridized carbons (Fsp3) is 0.429. The molecule has 1 atom stereocenters. The molecule has 114 valence electrons. The van der Waals surface area contributed by atoms with Crippen LogP contribution < -0.4 is 10.6 Å². The highest BCUT2D eigenvalue weighted by Gasteiger charge is 2.25. The summed E-state index contributed by atoms with van der Waals surface area (Å²) in [5.74, 6) is -1.71. The Morgan fingerprint density at radius 1 is 1.29 bits per heavy atom. The van der Waals surface area contributed by atoms with Crippen LogP contribution in [-0.2, 0) is 9.59 Å². The average Bonchev–Trinajstić information content (AvgIpc) is 2.37. The van der Waals surface area contributed by atoms with Crippen LogP contribution in [-0.4, -0.2) is 33.9 Å².